The molecule has 0 aliphatic carbocycles. The van der Waals surface area contributed by atoms with Gasteiger partial charge in [-0.3, -0.25) is 4.68 Å². The van der Waals surface area contributed by atoms with Gasteiger partial charge in [0.05, 0.1) is 22.5 Å². The fourth-order valence-corrected chi connectivity index (χ4v) is 2.59. The van der Waals surface area contributed by atoms with Gasteiger partial charge in [0.25, 0.3) is 0 Å². The fourth-order valence-electron chi connectivity index (χ4n) is 2.22. The Morgan fingerprint density at radius 3 is 2.68 bits per heavy atom. The van der Waals surface area contributed by atoms with E-state index in [9.17, 15) is 0 Å². The van der Waals surface area contributed by atoms with Crippen molar-refractivity contribution in [3.8, 4) is 0 Å². The Hall–Kier alpha value is -1.26. The third-order valence-corrected chi connectivity index (χ3v) is 3.79. The number of aryl methyl sites for hydroxylation is 3. The second-order valence-electron chi connectivity index (χ2n) is 4.68. The van der Waals surface area contributed by atoms with Crippen molar-refractivity contribution in [3.63, 3.8) is 0 Å². The lowest BCUT2D eigenvalue weighted by molar-refractivity contribution is 0.410. The molecular formula is C14H20ClN3O. The van der Waals surface area contributed by atoms with Crippen LogP contribution in [0, 0.1) is 6.92 Å². The second kappa shape index (κ2) is 5.80. The van der Waals surface area contributed by atoms with E-state index < -0.39 is 0 Å². The molecule has 2 heterocycles. The Morgan fingerprint density at radius 1 is 1.47 bits per heavy atom. The molecule has 1 unspecified atom stereocenters. The molecule has 0 aliphatic heterocycles. The lowest BCUT2D eigenvalue weighted by Crippen LogP contribution is -2.19. The van der Waals surface area contributed by atoms with Crippen LogP contribution in [-0.4, -0.2) is 16.8 Å². The third-order valence-electron chi connectivity index (χ3n) is 3.35. The zero-order chi connectivity index (χ0) is 14.0. The van der Waals surface area contributed by atoms with Crippen LogP contribution < -0.4 is 5.32 Å². The fraction of sp³-hybridized carbons (Fsp3) is 0.500. The second-order valence-corrected chi connectivity index (χ2v) is 5.06. The predicted molar refractivity (Wildman–Crippen MR) is 76.5 cm³/mol. The Kier molecular flexibility index (Phi) is 4.32. The van der Waals surface area contributed by atoms with Gasteiger partial charge in [-0.25, -0.2) is 0 Å². The molecule has 0 aromatic carbocycles. The Labute approximate surface area is 118 Å². The molecule has 4 nitrogen and oxygen atoms in total. The quantitative estimate of drug-likeness (QED) is 0.916. The van der Waals surface area contributed by atoms with Gasteiger partial charge < -0.3 is 9.73 Å². The minimum atomic E-state index is 0.103. The largest absolute Gasteiger partial charge is 0.465 e. The maximum Gasteiger partial charge on any atom is 0.121 e. The number of rotatable bonds is 5. The maximum absolute atomic E-state index is 6.38. The van der Waals surface area contributed by atoms with Crippen LogP contribution in [0.3, 0.4) is 0 Å². The lowest BCUT2D eigenvalue weighted by Gasteiger charge is -2.14. The molecule has 0 saturated carbocycles. The molecule has 2 aromatic heterocycles. The first kappa shape index (κ1) is 14.2. The summed E-state index contributed by atoms with van der Waals surface area (Å²) < 4.78 is 7.55. The summed E-state index contributed by atoms with van der Waals surface area (Å²) in [7, 11) is 3.86. The predicted octanol–water partition coefficient (Wildman–Crippen LogP) is 3.04. The zero-order valence-corrected chi connectivity index (χ0v) is 12.6. The number of nitrogens with zero attached hydrogens (tertiary/aromatic N) is 2. The van der Waals surface area contributed by atoms with E-state index in [0.29, 0.717) is 0 Å². The maximum atomic E-state index is 6.38. The van der Waals surface area contributed by atoms with Crippen LogP contribution in [0.15, 0.2) is 16.5 Å². The van der Waals surface area contributed by atoms with Crippen molar-refractivity contribution < 1.29 is 4.42 Å². The van der Waals surface area contributed by atoms with E-state index in [1.807, 2.05) is 37.8 Å². The van der Waals surface area contributed by atoms with E-state index in [4.69, 9.17) is 16.0 Å². The number of hydrogen-bond donors (Lipinski definition) is 1. The molecule has 5 heteroatoms. The first-order valence-electron chi connectivity index (χ1n) is 6.50. The molecule has 0 amide bonds. The zero-order valence-electron chi connectivity index (χ0n) is 11.8. The smallest absolute Gasteiger partial charge is 0.121 e. The molecular weight excluding hydrogens is 262 g/mol. The number of furan rings is 1. The summed E-state index contributed by atoms with van der Waals surface area (Å²) >= 11 is 6.38. The summed E-state index contributed by atoms with van der Waals surface area (Å²) in [4.78, 5) is 0. The molecule has 1 N–H and O–H groups in total. The van der Waals surface area contributed by atoms with Gasteiger partial charge in [0.15, 0.2) is 0 Å². The summed E-state index contributed by atoms with van der Waals surface area (Å²) in [5.74, 6) is 1.84. The highest BCUT2D eigenvalue weighted by molar-refractivity contribution is 6.31. The summed E-state index contributed by atoms with van der Waals surface area (Å²) in [6, 6.07) is 4.08. The molecule has 1 atom stereocenters. The van der Waals surface area contributed by atoms with Crippen LogP contribution >= 0.6 is 11.6 Å². The Bertz CT molecular complexity index is 559. The molecule has 0 spiro atoms. The molecule has 0 bridgehead atoms. The summed E-state index contributed by atoms with van der Waals surface area (Å²) in [5.41, 5.74) is 1.98. The minimum Gasteiger partial charge on any atom is -0.465 e. The van der Waals surface area contributed by atoms with E-state index in [0.717, 1.165) is 40.8 Å². The van der Waals surface area contributed by atoms with E-state index in [-0.39, 0.29) is 6.04 Å². The lowest BCUT2D eigenvalue weighted by atomic mass is 10.1. The van der Waals surface area contributed by atoms with E-state index in [1.165, 1.54) is 0 Å². The highest BCUT2D eigenvalue weighted by Crippen LogP contribution is 2.27. The van der Waals surface area contributed by atoms with Crippen molar-refractivity contribution in [1.82, 2.24) is 15.1 Å². The number of nitrogens with one attached hydrogen (secondary N) is 1. The van der Waals surface area contributed by atoms with Gasteiger partial charge in [0.1, 0.15) is 11.5 Å². The number of halogens is 1. The van der Waals surface area contributed by atoms with Crippen molar-refractivity contribution in [2.45, 2.75) is 32.7 Å². The molecule has 0 aliphatic rings. The topological polar surface area (TPSA) is 43.0 Å². The number of likely N-dealkylation sites (N-methyl/N-ethyl adjacent to an activating group) is 1. The van der Waals surface area contributed by atoms with Crippen molar-refractivity contribution in [2.24, 2.45) is 7.05 Å². The summed E-state index contributed by atoms with van der Waals surface area (Å²) in [6.07, 6.45) is 1.60. The van der Waals surface area contributed by atoms with Gasteiger partial charge in [-0.05, 0) is 32.5 Å². The van der Waals surface area contributed by atoms with E-state index in [1.54, 1.807) is 0 Å². The Balaban J connectivity index is 2.26. The molecule has 19 heavy (non-hydrogen) atoms. The van der Waals surface area contributed by atoms with Crippen LogP contribution in [0.1, 0.15) is 35.9 Å². The van der Waals surface area contributed by atoms with Crippen LogP contribution in [0.4, 0.5) is 0 Å². The molecule has 104 valence electrons. The van der Waals surface area contributed by atoms with Crippen molar-refractivity contribution >= 4 is 11.6 Å². The van der Waals surface area contributed by atoms with Crippen LogP contribution in [0.25, 0.3) is 0 Å². The van der Waals surface area contributed by atoms with Gasteiger partial charge in [-0.2, -0.15) is 5.10 Å². The molecule has 0 radical (unpaired) electrons. The van der Waals surface area contributed by atoms with Gasteiger partial charge in [-0.15, -0.1) is 0 Å². The van der Waals surface area contributed by atoms with Crippen LogP contribution in [0.5, 0.6) is 0 Å². The SMILES string of the molecule is CCc1nn(C)c(CC(NC)c2ccc(C)o2)c1Cl. The highest BCUT2D eigenvalue weighted by atomic mass is 35.5. The van der Waals surface area contributed by atoms with E-state index in [2.05, 4.69) is 17.3 Å². The molecule has 0 saturated heterocycles. The Morgan fingerprint density at radius 2 is 2.21 bits per heavy atom. The molecule has 2 rings (SSSR count). The van der Waals surface area contributed by atoms with Gasteiger partial charge >= 0.3 is 0 Å². The van der Waals surface area contributed by atoms with Gasteiger partial charge in [0.2, 0.25) is 0 Å². The number of hydrogen-bond acceptors (Lipinski definition) is 3. The van der Waals surface area contributed by atoms with Crippen LogP contribution in [-0.2, 0) is 19.9 Å². The van der Waals surface area contributed by atoms with Gasteiger partial charge in [0, 0.05) is 13.5 Å². The summed E-state index contributed by atoms with van der Waals surface area (Å²) in [5, 5.41) is 8.48. The van der Waals surface area contributed by atoms with E-state index >= 15 is 0 Å². The first-order chi connectivity index (χ1) is 9.06. The average Bonchev–Trinajstić information content (AvgIpc) is 2.92. The molecule has 2 aromatic rings. The molecule has 0 fully saturated rings. The monoisotopic (exact) mass is 281 g/mol. The summed E-state index contributed by atoms with van der Waals surface area (Å²) in [6.45, 7) is 4.01. The standard InChI is InChI=1S/C14H20ClN3O/c1-5-10-14(15)12(18(4)17-10)8-11(16-3)13-7-6-9(2)19-13/h6-7,11,16H,5,8H2,1-4H3. The average molecular weight is 282 g/mol. The van der Waals surface area contributed by atoms with Crippen LogP contribution in [0.2, 0.25) is 5.02 Å². The van der Waals surface area contributed by atoms with Gasteiger partial charge in [-0.1, -0.05) is 18.5 Å². The normalized spacial score (nSPS) is 12.9. The van der Waals surface area contributed by atoms with Crippen molar-refractivity contribution in [3.05, 3.63) is 40.1 Å². The first-order valence-corrected chi connectivity index (χ1v) is 6.88. The van der Waals surface area contributed by atoms with Crippen molar-refractivity contribution in [2.75, 3.05) is 7.05 Å². The number of aromatic nitrogens is 2. The third kappa shape index (κ3) is 2.85. The minimum absolute atomic E-state index is 0.103. The van der Waals surface area contributed by atoms with Crippen molar-refractivity contribution in [1.29, 1.82) is 0 Å². The highest BCUT2D eigenvalue weighted by Gasteiger charge is 2.20.